The molecule has 0 aromatic carbocycles. The van der Waals surface area contributed by atoms with Gasteiger partial charge in [-0.05, 0) is 31.9 Å². The molecule has 5 nitrogen and oxygen atoms in total. The molecule has 19 heavy (non-hydrogen) atoms. The summed E-state index contributed by atoms with van der Waals surface area (Å²) in [7, 11) is 0. The van der Waals surface area contributed by atoms with E-state index in [-0.39, 0.29) is 18.6 Å². The van der Waals surface area contributed by atoms with Crippen molar-refractivity contribution in [2.75, 3.05) is 6.61 Å². The average Bonchev–Trinajstić information content (AvgIpc) is 2.83. The molecule has 2 heterocycles. The molecule has 0 aliphatic heterocycles. The van der Waals surface area contributed by atoms with Gasteiger partial charge < -0.3 is 14.8 Å². The van der Waals surface area contributed by atoms with Crippen LogP contribution in [-0.2, 0) is 0 Å². The first-order valence-corrected chi connectivity index (χ1v) is 6.52. The molecular formula is C14H19N3O2. The second-order valence-electron chi connectivity index (χ2n) is 4.61. The molecule has 2 N–H and O–H groups in total. The van der Waals surface area contributed by atoms with Crippen molar-refractivity contribution in [3.63, 3.8) is 0 Å². The third kappa shape index (κ3) is 2.93. The molecule has 1 atom stereocenters. The van der Waals surface area contributed by atoms with Crippen LogP contribution in [0.3, 0.4) is 0 Å². The SMILES string of the molecule is CCC(CCO)NC(=O)c1cn2c(C)cccc2n1. The number of nitrogens with zero attached hydrogens (tertiary/aromatic N) is 2. The fourth-order valence-electron chi connectivity index (χ4n) is 2.05. The number of aromatic nitrogens is 2. The molecule has 102 valence electrons. The summed E-state index contributed by atoms with van der Waals surface area (Å²) in [6, 6.07) is 5.74. The Bertz CT molecular complexity index is 577. The number of rotatable bonds is 5. The van der Waals surface area contributed by atoms with Gasteiger partial charge in [0, 0.05) is 24.5 Å². The Morgan fingerprint density at radius 1 is 1.53 bits per heavy atom. The van der Waals surface area contributed by atoms with Crippen LogP contribution in [-0.4, -0.2) is 33.0 Å². The van der Waals surface area contributed by atoms with E-state index in [0.29, 0.717) is 12.1 Å². The average molecular weight is 261 g/mol. The van der Waals surface area contributed by atoms with Gasteiger partial charge in [-0.25, -0.2) is 4.98 Å². The van der Waals surface area contributed by atoms with Gasteiger partial charge in [-0.3, -0.25) is 4.79 Å². The summed E-state index contributed by atoms with van der Waals surface area (Å²) in [5.74, 6) is -0.191. The van der Waals surface area contributed by atoms with E-state index in [1.165, 1.54) is 0 Å². The summed E-state index contributed by atoms with van der Waals surface area (Å²) in [4.78, 5) is 16.4. The van der Waals surface area contributed by atoms with E-state index < -0.39 is 0 Å². The van der Waals surface area contributed by atoms with Gasteiger partial charge in [0.2, 0.25) is 0 Å². The van der Waals surface area contributed by atoms with Gasteiger partial charge in [0.1, 0.15) is 11.3 Å². The first-order chi connectivity index (χ1) is 9.15. The quantitative estimate of drug-likeness (QED) is 0.858. The fourth-order valence-corrected chi connectivity index (χ4v) is 2.05. The van der Waals surface area contributed by atoms with Gasteiger partial charge in [-0.2, -0.15) is 0 Å². The molecule has 1 unspecified atom stereocenters. The summed E-state index contributed by atoms with van der Waals surface area (Å²) in [5, 5.41) is 11.8. The van der Waals surface area contributed by atoms with Gasteiger partial charge in [0.05, 0.1) is 0 Å². The lowest BCUT2D eigenvalue weighted by Gasteiger charge is -2.14. The van der Waals surface area contributed by atoms with Crippen LogP contribution in [0.5, 0.6) is 0 Å². The topological polar surface area (TPSA) is 66.6 Å². The Labute approximate surface area is 112 Å². The second kappa shape index (κ2) is 5.84. The Balaban J connectivity index is 2.19. The van der Waals surface area contributed by atoms with Crippen molar-refractivity contribution in [2.45, 2.75) is 32.7 Å². The molecular weight excluding hydrogens is 242 g/mol. The van der Waals surface area contributed by atoms with Gasteiger partial charge in [0.15, 0.2) is 0 Å². The zero-order valence-electron chi connectivity index (χ0n) is 11.3. The smallest absolute Gasteiger partial charge is 0.271 e. The number of carbonyl (C=O) groups excluding carboxylic acids is 1. The molecule has 5 heteroatoms. The molecule has 0 spiro atoms. The van der Waals surface area contributed by atoms with Crippen molar-refractivity contribution in [2.24, 2.45) is 0 Å². The van der Waals surface area contributed by atoms with Crippen molar-refractivity contribution in [1.29, 1.82) is 0 Å². The van der Waals surface area contributed by atoms with E-state index >= 15 is 0 Å². The highest BCUT2D eigenvalue weighted by atomic mass is 16.3. The van der Waals surface area contributed by atoms with Crippen LogP contribution < -0.4 is 5.32 Å². The molecule has 0 saturated carbocycles. The summed E-state index contributed by atoms with van der Waals surface area (Å²) < 4.78 is 1.89. The number of nitrogens with one attached hydrogen (secondary N) is 1. The zero-order chi connectivity index (χ0) is 13.8. The Kier molecular flexibility index (Phi) is 4.16. The van der Waals surface area contributed by atoms with E-state index in [1.807, 2.05) is 36.4 Å². The maximum absolute atomic E-state index is 12.1. The molecule has 2 aromatic heterocycles. The van der Waals surface area contributed by atoms with E-state index in [2.05, 4.69) is 10.3 Å². The minimum absolute atomic E-state index is 0.0107. The zero-order valence-corrected chi connectivity index (χ0v) is 11.3. The number of imidazole rings is 1. The third-order valence-corrected chi connectivity index (χ3v) is 3.23. The van der Waals surface area contributed by atoms with E-state index in [4.69, 9.17) is 5.11 Å². The lowest BCUT2D eigenvalue weighted by molar-refractivity contribution is 0.0924. The molecule has 1 amide bonds. The predicted molar refractivity (Wildman–Crippen MR) is 73.2 cm³/mol. The first-order valence-electron chi connectivity index (χ1n) is 6.52. The van der Waals surface area contributed by atoms with Gasteiger partial charge >= 0.3 is 0 Å². The van der Waals surface area contributed by atoms with Gasteiger partial charge in [0.25, 0.3) is 5.91 Å². The van der Waals surface area contributed by atoms with Crippen LogP contribution in [0.4, 0.5) is 0 Å². The van der Waals surface area contributed by atoms with E-state index in [9.17, 15) is 4.79 Å². The fraction of sp³-hybridized carbons (Fsp3) is 0.429. The van der Waals surface area contributed by atoms with Crippen LogP contribution in [0.15, 0.2) is 24.4 Å². The van der Waals surface area contributed by atoms with Gasteiger partial charge in [-0.1, -0.05) is 13.0 Å². The predicted octanol–water partition coefficient (Wildman–Crippen LogP) is 1.53. The number of fused-ring (bicyclic) bond motifs is 1. The Hall–Kier alpha value is -1.88. The largest absolute Gasteiger partial charge is 0.396 e. The summed E-state index contributed by atoms with van der Waals surface area (Å²) in [6.07, 6.45) is 3.10. The maximum Gasteiger partial charge on any atom is 0.271 e. The maximum atomic E-state index is 12.1. The molecule has 0 aliphatic rings. The number of carbonyl (C=O) groups is 1. The molecule has 0 saturated heterocycles. The standard InChI is InChI=1S/C14H19N3O2/c1-3-11(7-8-18)15-14(19)12-9-17-10(2)5-4-6-13(17)16-12/h4-6,9,11,18H,3,7-8H2,1-2H3,(H,15,19). The van der Waals surface area contributed by atoms with Crippen molar-refractivity contribution in [1.82, 2.24) is 14.7 Å². The Morgan fingerprint density at radius 3 is 2.95 bits per heavy atom. The molecule has 0 fully saturated rings. The summed E-state index contributed by atoms with van der Waals surface area (Å²) in [6.45, 7) is 4.02. The monoisotopic (exact) mass is 261 g/mol. The van der Waals surface area contributed by atoms with Crippen LogP contribution >= 0.6 is 0 Å². The van der Waals surface area contributed by atoms with Crippen LogP contribution in [0, 0.1) is 6.92 Å². The molecule has 2 aromatic rings. The molecule has 0 bridgehead atoms. The van der Waals surface area contributed by atoms with E-state index in [1.54, 1.807) is 6.20 Å². The van der Waals surface area contributed by atoms with Crippen molar-refractivity contribution in [3.8, 4) is 0 Å². The van der Waals surface area contributed by atoms with Crippen molar-refractivity contribution in [3.05, 3.63) is 35.8 Å². The minimum atomic E-state index is -0.191. The number of pyridine rings is 1. The third-order valence-electron chi connectivity index (χ3n) is 3.23. The molecule has 0 radical (unpaired) electrons. The normalized spacial score (nSPS) is 12.6. The molecule has 2 rings (SSSR count). The highest BCUT2D eigenvalue weighted by Gasteiger charge is 2.15. The number of aliphatic hydroxyl groups is 1. The lowest BCUT2D eigenvalue weighted by atomic mass is 10.1. The summed E-state index contributed by atoms with van der Waals surface area (Å²) >= 11 is 0. The highest BCUT2D eigenvalue weighted by molar-refractivity contribution is 5.93. The number of aliphatic hydroxyl groups excluding tert-OH is 1. The number of hydrogen-bond donors (Lipinski definition) is 2. The number of hydrogen-bond acceptors (Lipinski definition) is 3. The number of aryl methyl sites for hydroxylation is 1. The Morgan fingerprint density at radius 2 is 2.32 bits per heavy atom. The highest BCUT2D eigenvalue weighted by Crippen LogP contribution is 2.09. The van der Waals surface area contributed by atoms with Gasteiger partial charge in [-0.15, -0.1) is 0 Å². The van der Waals surface area contributed by atoms with E-state index in [0.717, 1.165) is 17.8 Å². The lowest BCUT2D eigenvalue weighted by Crippen LogP contribution is -2.35. The second-order valence-corrected chi connectivity index (χ2v) is 4.61. The summed E-state index contributed by atoms with van der Waals surface area (Å²) in [5.41, 5.74) is 2.21. The van der Waals surface area contributed by atoms with Crippen molar-refractivity contribution < 1.29 is 9.90 Å². The van der Waals surface area contributed by atoms with Crippen LogP contribution in [0.1, 0.15) is 35.9 Å². The first kappa shape index (κ1) is 13.5. The molecule has 0 aliphatic carbocycles. The number of amides is 1. The van der Waals surface area contributed by atoms with Crippen LogP contribution in [0.2, 0.25) is 0 Å². The minimum Gasteiger partial charge on any atom is -0.396 e. The van der Waals surface area contributed by atoms with Crippen molar-refractivity contribution >= 4 is 11.6 Å². The van der Waals surface area contributed by atoms with Crippen LogP contribution in [0.25, 0.3) is 5.65 Å².